The van der Waals surface area contributed by atoms with Crippen molar-refractivity contribution in [2.24, 2.45) is 5.18 Å². The monoisotopic (exact) mass is 421 g/mol. The molecule has 0 unspecified atom stereocenters. The van der Waals surface area contributed by atoms with E-state index < -0.39 is 30.5 Å². The molecule has 3 rings (SSSR count). The maximum absolute atomic E-state index is 10.6. The quantitative estimate of drug-likeness (QED) is 0.593. The lowest BCUT2D eigenvalue weighted by Crippen LogP contribution is -2.55. The molecule has 1 aliphatic rings. The van der Waals surface area contributed by atoms with E-state index in [9.17, 15) is 20.2 Å². The van der Waals surface area contributed by atoms with Crippen molar-refractivity contribution in [1.29, 1.82) is 0 Å². The highest BCUT2D eigenvalue weighted by Gasteiger charge is 2.44. The van der Waals surface area contributed by atoms with Crippen LogP contribution in [0.25, 0.3) is 0 Å². The predicted molar refractivity (Wildman–Crippen MR) is 108 cm³/mol. The van der Waals surface area contributed by atoms with E-state index in [0.29, 0.717) is 23.6 Å². The van der Waals surface area contributed by atoms with Gasteiger partial charge in [0, 0.05) is 5.02 Å². The van der Waals surface area contributed by atoms with E-state index in [2.05, 4.69) is 5.18 Å². The molecule has 7 nitrogen and oxygen atoms in total. The second-order valence-corrected chi connectivity index (χ2v) is 7.39. The maximum Gasteiger partial charge on any atom is 0.119 e. The Balaban J connectivity index is 1.83. The lowest BCUT2D eigenvalue weighted by molar-refractivity contribution is -0.221. The molecule has 1 heterocycles. The Labute approximate surface area is 173 Å². The third kappa shape index (κ3) is 4.94. The second kappa shape index (κ2) is 9.65. The summed E-state index contributed by atoms with van der Waals surface area (Å²) in [6, 6.07) is 12.9. The minimum absolute atomic E-state index is 0.325. The highest BCUT2D eigenvalue weighted by molar-refractivity contribution is 6.31. The standard InChI is InChI=1S/C21H24ClNO6/c1-2-28-15-6-3-12(4-7-15)9-14-10-13(5-8-16(14)22)21-20(26)19(25)18(24)17(29-21)11-23-27/h3-8,10,17-21,24-26H,2,9,11H2,1H3/t17-,18-,19+,20-,21+/m1/s1. The molecule has 0 radical (unpaired) electrons. The lowest BCUT2D eigenvalue weighted by atomic mass is 9.90. The summed E-state index contributed by atoms with van der Waals surface area (Å²) in [5.41, 5.74) is 2.43. The molecule has 2 aromatic carbocycles. The van der Waals surface area contributed by atoms with E-state index in [-0.39, 0.29) is 6.54 Å². The number of aliphatic hydroxyl groups excluding tert-OH is 3. The van der Waals surface area contributed by atoms with Crippen LogP contribution in [0.3, 0.4) is 0 Å². The van der Waals surface area contributed by atoms with Gasteiger partial charge in [0.05, 0.1) is 6.61 Å². The number of ether oxygens (including phenoxy) is 2. The molecule has 0 amide bonds. The van der Waals surface area contributed by atoms with Gasteiger partial charge in [-0.2, -0.15) is 4.91 Å². The van der Waals surface area contributed by atoms with Crippen molar-refractivity contribution in [2.45, 2.75) is 43.9 Å². The van der Waals surface area contributed by atoms with Gasteiger partial charge in [-0.05, 0) is 48.2 Å². The molecule has 2 aromatic rings. The largest absolute Gasteiger partial charge is 0.494 e. The Morgan fingerprint density at radius 1 is 1.07 bits per heavy atom. The van der Waals surface area contributed by atoms with Crippen LogP contribution in [-0.4, -0.2) is 52.9 Å². The number of rotatable bonds is 7. The zero-order valence-corrected chi connectivity index (χ0v) is 16.7. The molecule has 0 bridgehead atoms. The molecule has 156 valence electrons. The van der Waals surface area contributed by atoms with E-state index in [1.54, 1.807) is 18.2 Å². The Hall–Kier alpha value is -2.03. The number of aliphatic hydroxyl groups is 3. The van der Waals surface area contributed by atoms with E-state index in [1.165, 1.54) is 0 Å². The first-order chi connectivity index (χ1) is 13.9. The first-order valence-corrected chi connectivity index (χ1v) is 9.81. The summed E-state index contributed by atoms with van der Waals surface area (Å²) in [6.07, 6.45) is -5.57. The van der Waals surface area contributed by atoms with Gasteiger partial charge in [-0.25, -0.2) is 0 Å². The fourth-order valence-electron chi connectivity index (χ4n) is 3.45. The number of hydrogen-bond acceptors (Lipinski definition) is 7. The number of nitroso groups, excluding NO2 is 1. The number of benzene rings is 2. The van der Waals surface area contributed by atoms with Gasteiger partial charge in [0.15, 0.2) is 0 Å². The summed E-state index contributed by atoms with van der Waals surface area (Å²) in [7, 11) is 0. The summed E-state index contributed by atoms with van der Waals surface area (Å²) in [6.45, 7) is 2.19. The Bertz CT molecular complexity index is 830. The molecular formula is C21H24ClNO6. The molecule has 0 aliphatic carbocycles. The van der Waals surface area contributed by atoms with Crippen LogP contribution in [0.5, 0.6) is 5.75 Å². The molecular weight excluding hydrogens is 398 g/mol. The van der Waals surface area contributed by atoms with Crippen molar-refractivity contribution in [3.05, 3.63) is 69.1 Å². The Morgan fingerprint density at radius 3 is 2.45 bits per heavy atom. The van der Waals surface area contributed by atoms with Gasteiger partial charge in [0.25, 0.3) is 0 Å². The van der Waals surface area contributed by atoms with Crippen LogP contribution in [0.1, 0.15) is 29.7 Å². The highest BCUT2D eigenvalue weighted by Crippen LogP contribution is 2.34. The molecule has 5 atom stereocenters. The van der Waals surface area contributed by atoms with Crippen molar-refractivity contribution in [3.8, 4) is 5.75 Å². The van der Waals surface area contributed by atoms with Gasteiger partial charge < -0.3 is 24.8 Å². The van der Waals surface area contributed by atoms with Crippen LogP contribution >= 0.6 is 11.6 Å². The molecule has 0 aromatic heterocycles. The van der Waals surface area contributed by atoms with Crippen LogP contribution < -0.4 is 4.74 Å². The third-order valence-electron chi connectivity index (χ3n) is 4.99. The number of nitrogens with zero attached hydrogens (tertiary/aromatic N) is 1. The fourth-order valence-corrected chi connectivity index (χ4v) is 3.63. The van der Waals surface area contributed by atoms with Crippen LogP contribution in [0.2, 0.25) is 5.02 Å². The average molecular weight is 422 g/mol. The van der Waals surface area contributed by atoms with Gasteiger partial charge in [0.1, 0.15) is 42.8 Å². The van der Waals surface area contributed by atoms with Crippen molar-refractivity contribution in [1.82, 2.24) is 0 Å². The van der Waals surface area contributed by atoms with Gasteiger partial charge >= 0.3 is 0 Å². The molecule has 3 N–H and O–H groups in total. The lowest BCUT2D eigenvalue weighted by Gasteiger charge is -2.40. The first-order valence-electron chi connectivity index (χ1n) is 9.43. The minimum Gasteiger partial charge on any atom is -0.494 e. The molecule has 1 aliphatic heterocycles. The molecule has 29 heavy (non-hydrogen) atoms. The Morgan fingerprint density at radius 2 is 1.79 bits per heavy atom. The van der Waals surface area contributed by atoms with E-state index in [0.717, 1.165) is 16.9 Å². The minimum atomic E-state index is -1.45. The van der Waals surface area contributed by atoms with E-state index >= 15 is 0 Å². The molecule has 0 spiro atoms. The topological polar surface area (TPSA) is 109 Å². The summed E-state index contributed by atoms with van der Waals surface area (Å²) in [4.78, 5) is 10.6. The van der Waals surface area contributed by atoms with Crippen LogP contribution in [0, 0.1) is 4.91 Å². The first kappa shape index (κ1) is 21.7. The number of hydrogen-bond donors (Lipinski definition) is 3. The average Bonchev–Trinajstić information content (AvgIpc) is 2.72. The van der Waals surface area contributed by atoms with Crippen molar-refractivity contribution >= 4 is 11.6 Å². The van der Waals surface area contributed by atoms with Gasteiger partial charge in [-0.1, -0.05) is 41.0 Å². The SMILES string of the molecule is CCOc1ccc(Cc2cc([C@@H]3O[C@H](CN=O)[C@@H](O)[C@H](O)[C@H]3O)ccc2Cl)cc1. The normalized spacial score (nSPS) is 26.9. The predicted octanol–water partition coefficient (Wildman–Crippen LogP) is 2.62. The van der Waals surface area contributed by atoms with Gasteiger partial charge in [-0.3, -0.25) is 0 Å². The van der Waals surface area contributed by atoms with Crippen molar-refractivity contribution in [2.75, 3.05) is 13.2 Å². The molecule has 1 saturated heterocycles. The van der Waals surface area contributed by atoms with Crippen molar-refractivity contribution < 1.29 is 24.8 Å². The zero-order chi connectivity index (χ0) is 21.0. The molecule has 0 saturated carbocycles. The second-order valence-electron chi connectivity index (χ2n) is 6.98. The Kier molecular flexibility index (Phi) is 7.21. The van der Waals surface area contributed by atoms with Crippen LogP contribution in [0.4, 0.5) is 0 Å². The van der Waals surface area contributed by atoms with Crippen LogP contribution in [-0.2, 0) is 11.2 Å². The summed E-state index contributed by atoms with van der Waals surface area (Å²) in [5.74, 6) is 0.789. The maximum atomic E-state index is 10.6. The number of halogens is 1. The van der Waals surface area contributed by atoms with Crippen LogP contribution in [0.15, 0.2) is 47.6 Å². The fraction of sp³-hybridized carbons (Fsp3) is 0.429. The van der Waals surface area contributed by atoms with E-state index in [4.69, 9.17) is 21.1 Å². The van der Waals surface area contributed by atoms with Gasteiger partial charge in [-0.15, -0.1) is 0 Å². The molecule has 1 fully saturated rings. The van der Waals surface area contributed by atoms with Gasteiger partial charge in [0.2, 0.25) is 0 Å². The summed E-state index contributed by atoms with van der Waals surface area (Å²) in [5, 5.41) is 33.8. The summed E-state index contributed by atoms with van der Waals surface area (Å²) < 4.78 is 11.1. The molecule has 8 heteroatoms. The van der Waals surface area contributed by atoms with Crippen molar-refractivity contribution in [3.63, 3.8) is 0 Å². The third-order valence-corrected chi connectivity index (χ3v) is 5.36. The van der Waals surface area contributed by atoms with E-state index in [1.807, 2.05) is 31.2 Å². The summed E-state index contributed by atoms with van der Waals surface area (Å²) >= 11 is 6.36. The zero-order valence-electron chi connectivity index (χ0n) is 15.9. The smallest absolute Gasteiger partial charge is 0.119 e. The highest BCUT2D eigenvalue weighted by atomic mass is 35.5.